The summed E-state index contributed by atoms with van der Waals surface area (Å²) in [6.07, 6.45) is 5.88. The maximum absolute atomic E-state index is 9.63. The molecule has 0 amide bonds. The second kappa shape index (κ2) is 6.65. The van der Waals surface area contributed by atoms with Crippen molar-refractivity contribution in [2.24, 2.45) is 0 Å². The number of halogens is 1. The molecule has 0 radical (unpaired) electrons. The van der Waals surface area contributed by atoms with E-state index >= 15 is 0 Å². The van der Waals surface area contributed by atoms with Gasteiger partial charge in [-0.05, 0) is 20.8 Å². The van der Waals surface area contributed by atoms with Crippen LogP contribution in [0, 0.1) is 12.3 Å². The number of aliphatic hydroxyl groups is 1. The van der Waals surface area contributed by atoms with E-state index in [2.05, 4.69) is 26.8 Å². The summed E-state index contributed by atoms with van der Waals surface area (Å²) in [4.78, 5) is 0. The summed E-state index contributed by atoms with van der Waals surface area (Å²) < 4.78 is 0.970. The summed E-state index contributed by atoms with van der Waals surface area (Å²) in [5.41, 5.74) is -0.941. The van der Waals surface area contributed by atoms with Gasteiger partial charge in [0.2, 0.25) is 0 Å². The molecule has 0 spiro atoms. The van der Waals surface area contributed by atoms with Crippen LogP contribution in [0.1, 0.15) is 27.2 Å². The van der Waals surface area contributed by atoms with E-state index in [4.69, 9.17) is 6.42 Å². The fourth-order valence-electron chi connectivity index (χ4n) is 1.10. The predicted octanol–water partition coefficient (Wildman–Crippen LogP) is -1.75. The van der Waals surface area contributed by atoms with Crippen LogP contribution in [0.5, 0.6) is 0 Å². The van der Waals surface area contributed by atoms with Gasteiger partial charge in [-0.25, -0.2) is 0 Å². The molecule has 0 aliphatic carbocycles. The zero-order chi connectivity index (χ0) is 10.5. The zero-order valence-electron chi connectivity index (χ0n) is 9.68. The van der Waals surface area contributed by atoms with Gasteiger partial charge in [0.25, 0.3) is 0 Å². The van der Waals surface area contributed by atoms with E-state index in [0.717, 1.165) is 24.1 Å². The summed E-state index contributed by atoms with van der Waals surface area (Å²) in [6.45, 7) is 9.11. The molecule has 3 heteroatoms. The average Bonchev–Trinajstić information content (AvgIpc) is 2.14. The average molecular weight is 311 g/mol. The Kier molecular flexibility index (Phi) is 7.90. The Balaban J connectivity index is 0. The maximum Gasteiger partial charge on any atom is 0.127 e. The minimum absolute atomic E-state index is 0. The summed E-state index contributed by atoms with van der Waals surface area (Å²) >= 11 is 0. The molecule has 1 N–H and O–H groups in total. The van der Waals surface area contributed by atoms with Crippen molar-refractivity contribution in [3.8, 4) is 12.3 Å². The molecular weight excluding hydrogens is 289 g/mol. The molecule has 0 heterocycles. The lowest BCUT2D eigenvalue weighted by molar-refractivity contribution is -0.906. The van der Waals surface area contributed by atoms with Crippen molar-refractivity contribution in [2.45, 2.75) is 32.8 Å². The molecule has 84 valence electrons. The maximum atomic E-state index is 9.63. The minimum Gasteiger partial charge on any atom is -1.00 e. The highest BCUT2D eigenvalue weighted by atomic mass is 127. The van der Waals surface area contributed by atoms with Crippen LogP contribution in [0.15, 0.2) is 0 Å². The smallest absolute Gasteiger partial charge is 0.127 e. The second-order valence-corrected chi connectivity index (χ2v) is 4.14. The number of terminal acetylenes is 1. The highest BCUT2D eigenvalue weighted by Crippen LogP contribution is 2.12. The largest absolute Gasteiger partial charge is 1.00 e. The van der Waals surface area contributed by atoms with Crippen LogP contribution < -0.4 is 24.0 Å². The third kappa shape index (κ3) is 5.84. The number of nitrogens with zero attached hydrogens (tertiary/aromatic N) is 1. The molecule has 0 aliphatic heterocycles. The quantitative estimate of drug-likeness (QED) is 0.363. The third-order valence-electron chi connectivity index (χ3n) is 2.98. The molecule has 0 saturated heterocycles. The van der Waals surface area contributed by atoms with Crippen LogP contribution in [-0.4, -0.2) is 41.9 Å². The Morgan fingerprint density at radius 1 is 1.36 bits per heavy atom. The van der Waals surface area contributed by atoms with E-state index in [-0.39, 0.29) is 24.0 Å². The van der Waals surface area contributed by atoms with Crippen molar-refractivity contribution in [3.63, 3.8) is 0 Å². The van der Waals surface area contributed by atoms with Gasteiger partial charge in [0.05, 0.1) is 26.7 Å². The number of quaternary nitrogens is 1. The molecule has 1 atom stereocenters. The Labute approximate surface area is 105 Å². The molecule has 0 saturated carbocycles. The van der Waals surface area contributed by atoms with Gasteiger partial charge in [-0.3, -0.25) is 0 Å². The molecular formula is C11H22INO. The Morgan fingerprint density at radius 3 is 2.07 bits per heavy atom. The molecule has 2 nitrogen and oxygen atoms in total. The van der Waals surface area contributed by atoms with E-state index in [1.807, 2.05) is 0 Å². The van der Waals surface area contributed by atoms with Crippen LogP contribution in [-0.2, 0) is 0 Å². The first-order valence-corrected chi connectivity index (χ1v) is 4.93. The SMILES string of the molecule is C#CC(C)(O)CC[N+](C)(CC)CC.[I-]. The Bertz CT molecular complexity index is 192. The van der Waals surface area contributed by atoms with Gasteiger partial charge in [-0.15, -0.1) is 6.42 Å². The van der Waals surface area contributed by atoms with Gasteiger partial charge >= 0.3 is 0 Å². The molecule has 0 bridgehead atoms. The summed E-state index contributed by atoms with van der Waals surface area (Å²) in [5.74, 6) is 2.41. The molecule has 0 aromatic heterocycles. The summed E-state index contributed by atoms with van der Waals surface area (Å²) in [6, 6.07) is 0. The molecule has 0 aliphatic rings. The van der Waals surface area contributed by atoms with Gasteiger partial charge in [-0.1, -0.05) is 5.92 Å². The fourth-order valence-corrected chi connectivity index (χ4v) is 1.10. The van der Waals surface area contributed by atoms with Crippen LogP contribution in [0.2, 0.25) is 0 Å². The molecule has 0 aromatic carbocycles. The Morgan fingerprint density at radius 2 is 1.79 bits per heavy atom. The van der Waals surface area contributed by atoms with Gasteiger partial charge in [0, 0.05) is 6.42 Å². The van der Waals surface area contributed by atoms with Crippen LogP contribution in [0.4, 0.5) is 0 Å². The van der Waals surface area contributed by atoms with Crippen LogP contribution in [0.25, 0.3) is 0 Å². The molecule has 0 fully saturated rings. The highest BCUT2D eigenvalue weighted by Gasteiger charge is 2.23. The number of hydrogen-bond donors (Lipinski definition) is 1. The van der Waals surface area contributed by atoms with Crippen molar-refractivity contribution < 1.29 is 33.6 Å². The first-order valence-electron chi connectivity index (χ1n) is 4.93. The van der Waals surface area contributed by atoms with E-state index in [0.29, 0.717) is 6.42 Å². The van der Waals surface area contributed by atoms with Crippen molar-refractivity contribution in [1.82, 2.24) is 0 Å². The van der Waals surface area contributed by atoms with Gasteiger partial charge in [0.15, 0.2) is 0 Å². The van der Waals surface area contributed by atoms with Gasteiger partial charge in [0.1, 0.15) is 5.60 Å². The lowest BCUT2D eigenvalue weighted by atomic mass is 10.0. The van der Waals surface area contributed by atoms with Crippen LogP contribution in [0.3, 0.4) is 0 Å². The highest BCUT2D eigenvalue weighted by molar-refractivity contribution is 5.03. The first-order chi connectivity index (χ1) is 5.89. The van der Waals surface area contributed by atoms with E-state index in [1.165, 1.54) is 0 Å². The van der Waals surface area contributed by atoms with Crippen molar-refractivity contribution in [2.75, 3.05) is 26.7 Å². The minimum atomic E-state index is -0.941. The number of hydrogen-bond acceptors (Lipinski definition) is 1. The fraction of sp³-hybridized carbons (Fsp3) is 0.818. The Hall–Kier alpha value is 0.210. The van der Waals surface area contributed by atoms with E-state index in [1.54, 1.807) is 6.92 Å². The lowest BCUT2D eigenvalue weighted by Gasteiger charge is -2.33. The van der Waals surface area contributed by atoms with Crippen molar-refractivity contribution in [3.05, 3.63) is 0 Å². The monoisotopic (exact) mass is 311 g/mol. The summed E-state index contributed by atoms with van der Waals surface area (Å²) in [5, 5.41) is 9.63. The number of rotatable bonds is 5. The zero-order valence-corrected chi connectivity index (χ0v) is 11.8. The summed E-state index contributed by atoms with van der Waals surface area (Å²) in [7, 11) is 2.19. The van der Waals surface area contributed by atoms with E-state index in [9.17, 15) is 5.11 Å². The first kappa shape index (κ1) is 16.6. The second-order valence-electron chi connectivity index (χ2n) is 4.14. The van der Waals surface area contributed by atoms with Crippen molar-refractivity contribution >= 4 is 0 Å². The third-order valence-corrected chi connectivity index (χ3v) is 2.98. The van der Waals surface area contributed by atoms with Crippen molar-refractivity contribution in [1.29, 1.82) is 0 Å². The standard InChI is InChI=1S/C11H22NO.HI/c1-6-11(4,13)9-10-12(5,7-2)8-3;/h1,13H,7-10H2,2-5H3;1H/q+1;/p-1. The molecule has 0 rings (SSSR count). The molecule has 0 aromatic rings. The lowest BCUT2D eigenvalue weighted by Crippen LogP contribution is -3.00. The van der Waals surface area contributed by atoms with Gasteiger partial charge < -0.3 is 33.6 Å². The topological polar surface area (TPSA) is 20.2 Å². The molecule has 14 heavy (non-hydrogen) atoms. The molecule has 1 unspecified atom stereocenters. The predicted molar refractivity (Wildman–Crippen MR) is 56.2 cm³/mol. The van der Waals surface area contributed by atoms with E-state index < -0.39 is 5.60 Å². The van der Waals surface area contributed by atoms with Gasteiger partial charge in [-0.2, -0.15) is 0 Å². The van der Waals surface area contributed by atoms with Crippen LogP contribution >= 0.6 is 0 Å². The normalized spacial score (nSPS) is 15.1.